The number of ether oxygens (including phenoxy) is 1. The number of nitrogens with one attached hydrogen (secondary N) is 1. The normalized spacial score (nSPS) is 12.5. The van der Waals surface area contributed by atoms with E-state index >= 15 is 0 Å². The summed E-state index contributed by atoms with van der Waals surface area (Å²) in [6.07, 6.45) is 2.21. The zero-order valence-corrected chi connectivity index (χ0v) is 10.8. The van der Waals surface area contributed by atoms with Gasteiger partial charge in [0.15, 0.2) is 0 Å². The molecular formula is C14H23NO. The standard InChI is InChI=1S/C14H23NO/c1-5-15-12(3)7-8-13-10-11(2)6-9-14(13)16-4/h6,9-10,12,15H,5,7-8H2,1-4H3. The van der Waals surface area contributed by atoms with Crippen LogP contribution in [-0.4, -0.2) is 19.7 Å². The van der Waals surface area contributed by atoms with Gasteiger partial charge in [-0.2, -0.15) is 0 Å². The SMILES string of the molecule is CCNC(C)CCc1cc(C)ccc1OC. The smallest absolute Gasteiger partial charge is 0.122 e. The minimum absolute atomic E-state index is 0.565. The van der Waals surface area contributed by atoms with Crippen LogP contribution in [0.25, 0.3) is 0 Å². The van der Waals surface area contributed by atoms with Gasteiger partial charge in [-0.05, 0) is 44.9 Å². The van der Waals surface area contributed by atoms with Crippen molar-refractivity contribution < 1.29 is 4.74 Å². The summed E-state index contributed by atoms with van der Waals surface area (Å²) < 4.78 is 5.37. The van der Waals surface area contributed by atoms with Crippen molar-refractivity contribution in [3.63, 3.8) is 0 Å². The highest BCUT2D eigenvalue weighted by Gasteiger charge is 2.05. The highest BCUT2D eigenvalue weighted by atomic mass is 16.5. The zero-order valence-electron chi connectivity index (χ0n) is 10.8. The summed E-state index contributed by atoms with van der Waals surface area (Å²) in [6, 6.07) is 6.94. The number of benzene rings is 1. The first-order valence-electron chi connectivity index (χ1n) is 6.04. The third-order valence-corrected chi connectivity index (χ3v) is 2.84. The second kappa shape index (κ2) is 6.54. The number of methoxy groups -OCH3 is 1. The first-order valence-corrected chi connectivity index (χ1v) is 6.04. The molecule has 16 heavy (non-hydrogen) atoms. The summed E-state index contributed by atoms with van der Waals surface area (Å²) in [4.78, 5) is 0. The Bertz CT molecular complexity index is 323. The van der Waals surface area contributed by atoms with Gasteiger partial charge >= 0.3 is 0 Å². The lowest BCUT2D eigenvalue weighted by atomic mass is 10.0. The van der Waals surface area contributed by atoms with Crippen molar-refractivity contribution in [2.75, 3.05) is 13.7 Å². The van der Waals surface area contributed by atoms with Gasteiger partial charge < -0.3 is 10.1 Å². The molecule has 0 heterocycles. The maximum absolute atomic E-state index is 5.37. The molecular weight excluding hydrogens is 198 g/mol. The fourth-order valence-electron chi connectivity index (χ4n) is 1.93. The Morgan fingerprint density at radius 3 is 2.75 bits per heavy atom. The minimum atomic E-state index is 0.565. The van der Waals surface area contributed by atoms with E-state index in [9.17, 15) is 0 Å². The molecule has 0 fully saturated rings. The van der Waals surface area contributed by atoms with E-state index in [1.807, 2.05) is 0 Å². The lowest BCUT2D eigenvalue weighted by Gasteiger charge is -2.14. The van der Waals surface area contributed by atoms with Crippen molar-refractivity contribution in [1.82, 2.24) is 5.32 Å². The van der Waals surface area contributed by atoms with Crippen molar-refractivity contribution in [3.8, 4) is 5.75 Å². The van der Waals surface area contributed by atoms with Gasteiger partial charge in [-0.15, -0.1) is 0 Å². The van der Waals surface area contributed by atoms with Crippen molar-refractivity contribution in [3.05, 3.63) is 29.3 Å². The van der Waals surface area contributed by atoms with Gasteiger partial charge in [0.05, 0.1) is 7.11 Å². The predicted molar refractivity (Wildman–Crippen MR) is 69.2 cm³/mol. The van der Waals surface area contributed by atoms with E-state index in [0.29, 0.717) is 6.04 Å². The second-order valence-electron chi connectivity index (χ2n) is 4.31. The first-order chi connectivity index (χ1) is 7.67. The van der Waals surface area contributed by atoms with E-state index in [4.69, 9.17) is 4.74 Å². The van der Waals surface area contributed by atoms with Gasteiger partial charge in [0.25, 0.3) is 0 Å². The molecule has 90 valence electrons. The van der Waals surface area contributed by atoms with Crippen LogP contribution in [0.3, 0.4) is 0 Å². The lowest BCUT2D eigenvalue weighted by Crippen LogP contribution is -2.25. The molecule has 0 aliphatic carbocycles. The molecule has 0 radical (unpaired) electrons. The van der Waals surface area contributed by atoms with Crippen molar-refractivity contribution in [1.29, 1.82) is 0 Å². The van der Waals surface area contributed by atoms with E-state index in [1.165, 1.54) is 11.1 Å². The van der Waals surface area contributed by atoms with Gasteiger partial charge in [-0.1, -0.05) is 24.6 Å². The molecule has 0 aliphatic rings. The highest BCUT2D eigenvalue weighted by molar-refractivity contribution is 5.36. The molecule has 2 heteroatoms. The van der Waals surface area contributed by atoms with Crippen LogP contribution >= 0.6 is 0 Å². The van der Waals surface area contributed by atoms with Crippen LogP contribution in [0.15, 0.2) is 18.2 Å². The van der Waals surface area contributed by atoms with E-state index in [1.54, 1.807) is 7.11 Å². The molecule has 0 saturated heterocycles. The van der Waals surface area contributed by atoms with E-state index in [2.05, 4.69) is 44.3 Å². The summed E-state index contributed by atoms with van der Waals surface area (Å²) in [7, 11) is 1.74. The molecule has 1 aromatic rings. The van der Waals surface area contributed by atoms with Crippen molar-refractivity contribution in [2.24, 2.45) is 0 Å². The largest absolute Gasteiger partial charge is 0.496 e. The van der Waals surface area contributed by atoms with Crippen LogP contribution in [-0.2, 0) is 6.42 Å². The van der Waals surface area contributed by atoms with Crippen LogP contribution in [0.1, 0.15) is 31.4 Å². The molecule has 1 rings (SSSR count). The van der Waals surface area contributed by atoms with E-state index in [-0.39, 0.29) is 0 Å². The van der Waals surface area contributed by atoms with Gasteiger partial charge in [0, 0.05) is 6.04 Å². The Morgan fingerprint density at radius 1 is 1.38 bits per heavy atom. The van der Waals surface area contributed by atoms with Crippen molar-refractivity contribution in [2.45, 2.75) is 39.7 Å². The third-order valence-electron chi connectivity index (χ3n) is 2.84. The Hall–Kier alpha value is -1.02. The monoisotopic (exact) mass is 221 g/mol. The molecule has 0 saturated carbocycles. The minimum Gasteiger partial charge on any atom is -0.496 e. The number of hydrogen-bond acceptors (Lipinski definition) is 2. The Kier molecular flexibility index (Phi) is 5.33. The maximum atomic E-state index is 5.37. The topological polar surface area (TPSA) is 21.3 Å². The molecule has 1 atom stereocenters. The number of aryl methyl sites for hydroxylation is 2. The fourth-order valence-corrected chi connectivity index (χ4v) is 1.93. The average molecular weight is 221 g/mol. The quantitative estimate of drug-likeness (QED) is 0.797. The summed E-state index contributed by atoms with van der Waals surface area (Å²) in [5.74, 6) is 1.01. The van der Waals surface area contributed by atoms with Gasteiger partial charge in [-0.25, -0.2) is 0 Å². The molecule has 0 amide bonds. The molecule has 0 spiro atoms. The van der Waals surface area contributed by atoms with E-state index in [0.717, 1.165) is 25.1 Å². The lowest BCUT2D eigenvalue weighted by molar-refractivity contribution is 0.407. The zero-order chi connectivity index (χ0) is 12.0. The van der Waals surface area contributed by atoms with Gasteiger partial charge in [0.2, 0.25) is 0 Å². The third kappa shape index (κ3) is 3.86. The molecule has 2 nitrogen and oxygen atoms in total. The Labute approximate surface area is 99.0 Å². The van der Waals surface area contributed by atoms with E-state index < -0.39 is 0 Å². The predicted octanol–water partition coefficient (Wildman–Crippen LogP) is 2.93. The van der Waals surface area contributed by atoms with Crippen LogP contribution in [0.5, 0.6) is 5.75 Å². The van der Waals surface area contributed by atoms with Gasteiger partial charge in [-0.3, -0.25) is 0 Å². The average Bonchev–Trinajstić information content (AvgIpc) is 2.27. The molecule has 0 bridgehead atoms. The second-order valence-corrected chi connectivity index (χ2v) is 4.31. The number of rotatable bonds is 6. The maximum Gasteiger partial charge on any atom is 0.122 e. The molecule has 1 unspecified atom stereocenters. The molecule has 0 aromatic heterocycles. The highest BCUT2D eigenvalue weighted by Crippen LogP contribution is 2.21. The van der Waals surface area contributed by atoms with Crippen LogP contribution in [0.4, 0.5) is 0 Å². The Balaban J connectivity index is 2.61. The molecule has 1 aromatic carbocycles. The molecule has 0 aliphatic heterocycles. The molecule has 1 N–H and O–H groups in total. The Morgan fingerprint density at radius 2 is 2.12 bits per heavy atom. The fraction of sp³-hybridized carbons (Fsp3) is 0.571. The van der Waals surface area contributed by atoms with Crippen LogP contribution in [0.2, 0.25) is 0 Å². The van der Waals surface area contributed by atoms with Crippen molar-refractivity contribution >= 4 is 0 Å². The van der Waals surface area contributed by atoms with Crippen LogP contribution < -0.4 is 10.1 Å². The summed E-state index contributed by atoms with van der Waals surface area (Å²) >= 11 is 0. The summed E-state index contributed by atoms with van der Waals surface area (Å²) in [5.41, 5.74) is 2.61. The summed E-state index contributed by atoms with van der Waals surface area (Å²) in [5, 5.41) is 3.43. The first kappa shape index (κ1) is 13.0. The summed E-state index contributed by atoms with van der Waals surface area (Å²) in [6.45, 7) is 7.53. The van der Waals surface area contributed by atoms with Crippen LogP contribution in [0, 0.1) is 6.92 Å². The number of hydrogen-bond donors (Lipinski definition) is 1. The van der Waals surface area contributed by atoms with Gasteiger partial charge in [0.1, 0.15) is 5.75 Å².